The Balaban J connectivity index is 2.67. The number of carbonyl (C=O) groups is 1. The second-order valence-corrected chi connectivity index (χ2v) is 3.61. The number of carbonyl (C=O) groups excluding carboxylic acids is 1. The number of halogens is 3. The highest BCUT2D eigenvalue weighted by molar-refractivity contribution is 5.75. The number of hydrogen-bond acceptors (Lipinski definition) is 4. The molecule has 1 atom stereocenters. The maximum Gasteiger partial charge on any atom is 0.433 e. The number of esters is 1. The van der Waals surface area contributed by atoms with Crippen LogP contribution >= 0.6 is 0 Å². The predicted octanol–water partition coefficient (Wildman–Crippen LogP) is 1.53. The van der Waals surface area contributed by atoms with E-state index < -0.39 is 23.9 Å². The van der Waals surface area contributed by atoms with E-state index >= 15 is 0 Å². The van der Waals surface area contributed by atoms with Crippen LogP contribution < -0.4 is 5.73 Å². The van der Waals surface area contributed by atoms with Crippen molar-refractivity contribution in [3.05, 3.63) is 29.6 Å². The molecular weight excluding hydrogens is 249 g/mol. The van der Waals surface area contributed by atoms with Gasteiger partial charge in [0.05, 0.1) is 6.61 Å². The first-order chi connectivity index (χ1) is 8.34. The monoisotopic (exact) mass is 262 g/mol. The van der Waals surface area contributed by atoms with Crippen molar-refractivity contribution in [3.63, 3.8) is 0 Å². The summed E-state index contributed by atoms with van der Waals surface area (Å²) >= 11 is 0. The largest absolute Gasteiger partial charge is 0.465 e. The lowest BCUT2D eigenvalue weighted by atomic mass is 10.1. The van der Waals surface area contributed by atoms with Crippen LogP contribution in [0.1, 0.15) is 18.2 Å². The molecule has 0 fully saturated rings. The van der Waals surface area contributed by atoms with Crippen LogP contribution in [0, 0.1) is 0 Å². The van der Waals surface area contributed by atoms with Gasteiger partial charge in [0.15, 0.2) is 0 Å². The van der Waals surface area contributed by atoms with Gasteiger partial charge in [-0.05, 0) is 25.0 Å². The normalized spacial score (nSPS) is 13.2. The summed E-state index contributed by atoms with van der Waals surface area (Å²) in [5.41, 5.74) is 5.01. The fourth-order valence-electron chi connectivity index (χ4n) is 1.30. The Kier molecular flexibility index (Phi) is 4.66. The molecule has 1 heterocycles. The Morgan fingerprint density at radius 3 is 2.61 bits per heavy atom. The number of pyridine rings is 1. The average Bonchev–Trinajstić information content (AvgIpc) is 2.28. The summed E-state index contributed by atoms with van der Waals surface area (Å²) < 4.78 is 41.4. The zero-order chi connectivity index (χ0) is 13.8. The van der Waals surface area contributed by atoms with E-state index in [0.29, 0.717) is 5.56 Å². The zero-order valence-corrected chi connectivity index (χ0v) is 9.70. The quantitative estimate of drug-likeness (QED) is 0.836. The molecule has 0 aliphatic rings. The van der Waals surface area contributed by atoms with E-state index in [1.54, 1.807) is 6.92 Å². The summed E-state index contributed by atoms with van der Waals surface area (Å²) in [4.78, 5) is 14.5. The van der Waals surface area contributed by atoms with Gasteiger partial charge in [0.2, 0.25) is 0 Å². The van der Waals surface area contributed by atoms with Crippen molar-refractivity contribution in [2.24, 2.45) is 5.73 Å². The van der Waals surface area contributed by atoms with Gasteiger partial charge in [-0.15, -0.1) is 0 Å². The lowest BCUT2D eigenvalue weighted by Gasteiger charge is -2.11. The Bertz CT molecular complexity index is 404. The molecule has 18 heavy (non-hydrogen) atoms. The van der Waals surface area contributed by atoms with Crippen LogP contribution in [0.5, 0.6) is 0 Å². The Morgan fingerprint density at radius 2 is 2.17 bits per heavy atom. The first kappa shape index (κ1) is 14.4. The van der Waals surface area contributed by atoms with E-state index in [1.807, 2.05) is 0 Å². The van der Waals surface area contributed by atoms with Crippen LogP contribution in [0.3, 0.4) is 0 Å². The van der Waals surface area contributed by atoms with Crippen molar-refractivity contribution in [1.82, 2.24) is 4.98 Å². The topological polar surface area (TPSA) is 65.2 Å². The maximum absolute atomic E-state index is 12.2. The summed E-state index contributed by atoms with van der Waals surface area (Å²) in [6.45, 7) is 1.85. The molecule has 0 aliphatic carbocycles. The molecule has 2 N–H and O–H groups in total. The highest BCUT2D eigenvalue weighted by Gasteiger charge is 2.32. The average molecular weight is 262 g/mol. The molecule has 1 unspecified atom stereocenters. The fourth-order valence-corrected chi connectivity index (χ4v) is 1.30. The van der Waals surface area contributed by atoms with E-state index in [-0.39, 0.29) is 13.0 Å². The number of rotatable bonds is 4. The van der Waals surface area contributed by atoms with Gasteiger partial charge >= 0.3 is 12.1 Å². The minimum absolute atomic E-state index is 0.0873. The molecule has 1 aromatic rings. The molecule has 1 aromatic heterocycles. The van der Waals surface area contributed by atoms with Crippen molar-refractivity contribution < 1.29 is 22.7 Å². The third-order valence-corrected chi connectivity index (χ3v) is 2.16. The molecule has 100 valence electrons. The van der Waals surface area contributed by atoms with Gasteiger partial charge < -0.3 is 10.5 Å². The molecule has 0 radical (unpaired) electrons. The van der Waals surface area contributed by atoms with Gasteiger partial charge in [0.25, 0.3) is 0 Å². The highest BCUT2D eigenvalue weighted by atomic mass is 19.4. The summed E-state index contributed by atoms with van der Waals surface area (Å²) in [6, 6.07) is 1.20. The molecule has 0 saturated carbocycles. The van der Waals surface area contributed by atoms with E-state index in [9.17, 15) is 18.0 Å². The molecule has 1 rings (SSSR count). The van der Waals surface area contributed by atoms with Crippen LogP contribution in [0.15, 0.2) is 18.3 Å². The molecule has 0 saturated heterocycles. The molecule has 0 aliphatic heterocycles. The van der Waals surface area contributed by atoms with Crippen LogP contribution in [-0.4, -0.2) is 23.6 Å². The first-order valence-electron chi connectivity index (χ1n) is 5.29. The molecular formula is C11H13F3N2O2. The molecule has 7 heteroatoms. The number of nitrogens with zero attached hydrogens (tertiary/aromatic N) is 1. The SMILES string of the molecule is CCOC(=O)C(N)Cc1ccc(C(F)(F)F)nc1. The second kappa shape index (κ2) is 5.81. The minimum atomic E-state index is -4.47. The van der Waals surface area contributed by atoms with Crippen molar-refractivity contribution in [3.8, 4) is 0 Å². The summed E-state index contributed by atoms with van der Waals surface area (Å²) in [5.74, 6) is -0.586. The van der Waals surface area contributed by atoms with Crippen LogP contribution in [0.25, 0.3) is 0 Å². The summed E-state index contributed by atoms with van der Waals surface area (Å²) in [6.07, 6.45) is -3.33. The molecule has 0 spiro atoms. The molecule has 0 aromatic carbocycles. The van der Waals surface area contributed by atoms with Crippen LogP contribution in [0.2, 0.25) is 0 Å². The number of alkyl halides is 3. The number of hydrogen-bond donors (Lipinski definition) is 1. The number of nitrogens with two attached hydrogens (primary N) is 1. The number of aromatic nitrogens is 1. The lowest BCUT2D eigenvalue weighted by molar-refractivity contribution is -0.144. The maximum atomic E-state index is 12.2. The van der Waals surface area contributed by atoms with Crippen LogP contribution in [-0.2, 0) is 22.1 Å². The Labute approximate surface area is 102 Å². The Hall–Kier alpha value is -1.63. The van der Waals surface area contributed by atoms with Gasteiger partial charge in [0, 0.05) is 6.20 Å². The molecule has 0 bridgehead atoms. The zero-order valence-electron chi connectivity index (χ0n) is 9.70. The number of ether oxygens (including phenoxy) is 1. The minimum Gasteiger partial charge on any atom is -0.465 e. The molecule has 0 amide bonds. The van der Waals surface area contributed by atoms with Gasteiger partial charge in [-0.25, -0.2) is 0 Å². The second-order valence-electron chi connectivity index (χ2n) is 3.61. The van der Waals surface area contributed by atoms with Gasteiger partial charge in [-0.2, -0.15) is 13.2 Å². The lowest BCUT2D eigenvalue weighted by Crippen LogP contribution is -2.34. The first-order valence-corrected chi connectivity index (χ1v) is 5.29. The standard InChI is InChI=1S/C11H13F3N2O2/c1-2-18-10(17)8(15)5-7-3-4-9(16-6-7)11(12,13)14/h3-4,6,8H,2,5,15H2,1H3. The van der Waals surface area contributed by atoms with Crippen LogP contribution in [0.4, 0.5) is 13.2 Å². The van der Waals surface area contributed by atoms with Crippen molar-refractivity contribution in [2.75, 3.05) is 6.61 Å². The van der Waals surface area contributed by atoms with Gasteiger partial charge in [-0.3, -0.25) is 9.78 Å². The van der Waals surface area contributed by atoms with Gasteiger partial charge in [-0.1, -0.05) is 6.07 Å². The third kappa shape index (κ3) is 3.99. The summed E-state index contributed by atoms with van der Waals surface area (Å²) in [7, 11) is 0. The molecule has 4 nitrogen and oxygen atoms in total. The Morgan fingerprint density at radius 1 is 1.50 bits per heavy atom. The van der Waals surface area contributed by atoms with E-state index in [4.69, 9.17) is 5.73 Å². The smallest absolute Gasteiger partial charge is 0.433 e. The third-order valence-electron chi connectivity index (χ3n) is 2.16. The highest BCUT2D eigenvalue weighted by Crippen LogP contribution is 2.27. The van der Waals surface area contributed by atoms with Gasteiger partial charge in [0.1, 0.15) is 11.7 Å². The predicted molar refractivity (Wildman–Crippen MR) is 57.6 cm³/mol. The van der Waals surface area contributed by atoms with Crippen molar-refractivity contribution >= 4 is 5.97 Å². The fraction of sp³-hybridized carbons (Fsp3) is 0.455. The van der Waals surface area contributed by atoms with Crippen molar-refractivity contribution in [2.45, 2.75) is 25.6 Å². The van der Waals surface area contributed by atoms with E-state index in [1.165, 1.54) is 6.07 Å². The van der Waals surface area contributed by atoms with E-state index in [0.717, 1.165) is 12.3 Å². The summed E-state index contributed by atoms with van der Waals surface area (Å²) in [5, 5.41) is 0. The van der Waals surface area contributed by atoms with E-state index in [2.05, 4.69) is 9.72 Å². The van der Waals surface area contributed by atoms with Crippen molar-refractivity contribution in [1.29, 1.82) is 0 Å².